The fourth-order valence-electron chi connectivity index (χ4n) is 4.53. The normalized spacial score (nSPS) is 13.1. The van der Waals surface area contributed by atoms with Gasteiger partial charge in [0, 0.05) is 28.6 Å². The van der Waals surface area contributed by atoms with Crippen molar-refractivity contribution in [1.82, 2.24) is 4.90 Å². The number of rotatable bonds is 6. The highest BCUT2D eigenvalue weighted by Gasteiger charge is 2.35. The topological polar surface area (TPSA) is 89.2 Å². The Hall–Kier alpha value is -5.01. The van der Waals surface area contributed by atoms with Crippen LogP contribution in [0.1, 0.15) is 27.1 Å². The molecule has 2 amide bonds. The third-order valence-electron chi connectivity index (χ3n) is 6.50. The van der Waals surface area contributed by atoms with E-state index in [1.54, 1.807) is 60.7 Å². The van der Waals surface area contributed by atoms with E-state index in [9.17, 15) is 14.4 Å². The predicted octanol–water partition coefficient (Wildman–Crippen LogP) is 6.58. The van der Waals surface area contributed by atoms with Gasteiger partial charge in [0.1, 0.15) is 17.1 Å². The first kappa shape index (κ1) is 25.3. The van der Waals surface area contributed by atoms with E-state index in [-0.39, 0.29) is 13.0 Å². The quantitative estimate of drug-likeness (QED) is 0.136. The van der Waals surface area contributed by atoms with Crippen LogP contribution in [0.4, 0.5) is 5.69 Å². The Balaban J connectivity index is 1.19. The molecule has 0 fully saturated rings. The molecule has 1 aromatic heterocycles. The molecule has 6 rings (SSSR count). The number of ether oxygens (including phenoxy) is 1. The Bertz CT molecular complexity index is 1810. The van der Waals surface area contributed by atoms with E-state index in [2.05, 4.69) is 0 Å². The summed E-state index contributed by atoms with van der Waals surface area (Å²) >= 11 is 6.25. The zero-order valence-corrected chi connectivity index (χ0v) is 21.8. The van der Waals surface area contributed by atoms with E-state index in [4.69, 9.17) is 25.7 Å². The molecule has 196 valence electrons. The van der Waals surface area contributed by atoms with E-state index < -0.39 is 17.8 Å². The zero-order chi connectivity index (χ0) is 27.6. The standard InChI is InChI=1S/C32H21ClN2O5/c33-21-10-15-28-26(18-21)27(19-29(40-28)20-6-2-1-3-7-20)34-22-11-13-23(14-12-22)39-30(36)16-17-35-31(37)24-8-4-5-9-25(24)32(35)38/h1-15,18-19H,16-17H2. The second kappa shape index (κ2) is 10.6. The third kappa shape index (κ3) is 5.02. The lowest BCUT2D eigenvalue weighted by atomic mass is 10.1. The van der Waals surface area contributed by atoms with Crippen LogP contribution in [-0.2, 0) is 4.79 Å². The largest absolute Gasteiger partial charge is 0.456 e. The van der Waals surface area contributed by atoms with Crippen LogP contribution >= 0.6 is 11.6 Å². The summed E-state index contributed by atoms with van der Waals surface area (Å²) in [5.74, 6) is -0.376. The molecule has 1 aliphatic heterocycles. The van der Waals surface area contributed by atoms with Crippen molar-refractivity contribution in [3.8, 4) is 17.1 Å². The highest BCUT2D eigenvalue weighted by atomic mass is 35.5. The Morgan fingerprint density at radius 3 is 2.20 bits per heavy atom. The molecule has 4 aromatic carbocycles. The smallest absolute Gasteiger partial charge is 0.312 e. The molecular formula is C32H21ClN2O5. The maximum absolute atomic E-state index is 12.5. The molecule has 0 bridgehead atoms. The average molecular weight is 549 g/mol. The van der Waals surface area contributed by atoms with Crippen LogP contribution in [0.15, 0.2) is 113 Å². The highest BCUT2D eigenvalue weighted by molar-refractivity contribution is 6.31. The molecule has 5 aromatic rings. The molecule has 1 aliphatic rings. The fraction of sp³-hybridized carbons (Fsp3) is 0.0625. The van der Waals surface area contributed by atoms with Crippen molar-refractivity contribution in [2.24, 2.45) is 4.99 Å². The van der Waals surface area contributed by atoms with Crippen molar-refractivity contribution in [1.29, 1.82) is 0 Å². The SMILES string of the molecule is O=C(CCN1C(=O)c2ccccc2C1=O)Oc1ccc(N=c2cc(-c3ccccc3)oc3ccc(Cl)cc23)cc1. The second-order valence-corrected chi connectivity index (χ2v) is 9.58. The molecular weight excluding hydrogens is 528 g/mol. The van der Waals surface area contributed by atoms with Crippen LogP contribution in [0.5, 0.6) is 5.75 Å². The number of halogens is 1. The third-order valence-corrected chi connectivity index (χ3v) is 6.73. The number of imide groups is 1. The van der Waals surface area contributed by atoms with Gasteiger partial charge < -0.3 is 9.15 Å². The number of amides is 2. The van der Waals surface area contributed by atoms with Gasteiger partial charge in [-0.15, -0.1) is 0 Å². The number of esters is 1. The van der Waals surface area contributed by atoms with Gasteiger partial charge in [0.25, 0.3) is 11.8 Å². The molecule has 40 heavy (non-hydrogen) atoms. The molecule has 0 saturated carbocycles. The van der Waals surface area contributed by atoms with Crippen LogP contribution in [0.25, 0.3) is 22.3 Å². The molecule has 0 atom stereocenters. The lowest BCUT2D eigenvalue weighted by molar-refractivity contribution is -0.134. The number of fused-ring (bicyclic) bond motifs is 2. The summed E-state index contributed by atoms with van der Waals surface area (Å²) in [6, 6.07) is 30.3. The Morgan fingerprint density at radius 2 is 1.50 bits per heavy atom. The molecule has 8 heteroatoms. The molecule has 0 unspecified atom stereocenters. The Kier molecular flexibility index (Phi) is 6.72. The minimum absolute atomic E-state index is 0.0585. The number of carbonyl (C=O) groups excluding carboxylic acids is 3. The van der Waals surface area contributed by atoms with Crippen LogP contribution in [0, 0.1) is 0 Å². The van der Waals surface area contributed by atoms with Gasteiger partial charge in [-0.05, 0) is 54.6 Å². The summed E-state index contributed by atoms with van der Waals surface area (Å²) < 4.78 is 11.5. The van der Waals surface area contributed by atoms with Gasteiger partial charge in [0.15, 0.2) is 0 Å². The summed E-state index contributed by atoms with van der Waals surface area (Å²) in [5.41, 5.74) is 2.89. The van der Waals surface area contributed by atoms with Gasteiger partial charge in [-0.3, -0.25) is 19.3 Å². The number of hydrogen-bond donors (Lipinski definition) is 0. The first-order valence-electron chi connectivity index (χ1n) is 12.6. The maximum atomic E-state index is 12.5. The Morgan fingerprint density at radius 1 is 0.825 bits per heavy atom. The lowest BCUT2D eigenvalue weighted by Gasteiger charge is -2.13. The molecule has 0 spiro atoms. The van der Waals surface area contributed by atoms with Gasteiger partial charge in [-0.2, -0.15) is 0 Å². The molecule has 0 aliphatic carbocycles. The molecule has 2 heterocycles. The van der Waals surface area contributed by atoms with Crippen molar-refractivity contribution in [2.45, 2.75) is 6.42 Å². The van der Waals surface area contributed by atoms with Crippen LogP contribution < -0.4 is 10.1 Å². The van der Waals surface area contributed by atoms with Gasteiger partial charge in [-0.1, -0.05) is 54.1 Å². The average Bonchev–Trinajstić information content (AvgIpc) is 3.22. The summed E-state index contributed by atoms with van der Waals surface area (Å²) in [6.45, 7) is -0.0585. The molecule has 0 saturated heterocycles. The minimum Gasteiger partial charge on any atom is -0.456 e. The lowest BCUT2D eigenvalue weighted by Crippen LogP contribution is -2.32. The number of carbonyl (C=O) groups is 3. The summed E-state index contributed by atoms with van der Waals surface area (Å²) in [6.07, 6.45) is -0.125. The van der Waals surface area contributed by atoms with Crippen molar-refractivity contribution in [3.05, 3.63) is 125 Å². The van der Waals surface area contributed by atoms with Crippen molar-refractivity contribution in [3.63, 3.8) is 0 Å². The number of benzene rings is 4. The van der Waals surface area contributed by atoms with Crippen LogP contribution in [0.2, 0.25) is 5.02 Å². The van der Waals surface area contributed by atoms with Crippen LogP contribution in [0.3, 0.4) is 0 Å². The van der Waals surface area contributed by atoms with E-state index in [1.807, 2.05) is 42.5 Å². The molecule has 0 N–H and O–H groups in total. The fourth-order valence-corrected chi connectivity index (χ4v) is 4.71. The monoisotopic (exact) mass is 548 g/mol. The maximum Gasteiger partial charge on any atom is 0.312 e. The minimum atomic E-state index is -0.556. The van der Waals surface area contributed by atoms with Gasteiger partial charge in [0.05, 0.1) is 28.6 Å². The molecule has 0 radical (unpaired) electrons. The van der Waals surface area contributed by atoms with Crippen molar-refractivity contribution < 1.29 is 23.5 Å². The first-order chi connectivity index (χ1) is 19.5. The number of nitrogens with zero attached hydrogens (tertiary/aromatic N) is 2. The molecule has 7 nitrogen and oxygen atoms in total. The van der Waals surface area contributed by atoms with E-state index >= 15 is 0 Å². The first-order valence-corrected chi connectivity index (χ1v) is 12.9. The predicted molar refractivity (Wildman–Crippen MR) is 150 cm³/mol. The zero-order valence-electron chi connectivity index (χ0n) is 21.0. The van der Waals surface area contributed by atoms with E-state index in [1.165, 1.54) is 0 Å². The van der Waals surface area contributed by atoms with Gasteiger partial charge >= 0.3 is 5.97 Å². The van der Waals surface area contributed by atoms with Crippen LogP contribution in [-0.4, -0.2) is 29.2 Å². The van der Waals surface area contributed by atoms with E-state index in [0.29, 0.717) is 44.3 Å². The Labute approximate surface area is 233 Å². The summed E-state index contributed by atoms with van der Waals surface area (Å²) in [4.78, 5) is 43.3. The highest BCUT2D eigenvalue weighted by Crippen LogP contribution is 2.26. The number of hydrogen-bond acceptors (Lipinski definition) is 6. The van der Waals surface area contributed by atoms with Gasteiger partial charge in [-0.25, -0.2) is 4.99 Å². The van der Waals surface area contributed by atoms with E-state index in [0.717, 1.165) is 15.8 Å². The van der Waals surface area contributed by atoms with Gasteiger partial charge in [0.2, 0.25) is 0 Å². The second-order valence-electron chi connectivity index (χ2n) is 9.14. The van der Waals surface area contributed by atoms with Crippen molar-refractivity contribution >= 4 is 46.0 Å². The summed E-state index contributed by atoms with van der Waals surface area (Å²) in [5, 5.41) is 2.00. The van der Waals surface area contributed by atoms with Crippen molar-refractivity contribution in [2.75, 3.05) is 6.54 Å². The summed E-state index contributed by atoms with van der Waals surface area (Å²) in [7, 11) is 0.